The molecule has 0 spiro atoms. The molecule has 0 aliphatic carbocycles. The third-order valence-electron chi connectivity index (χ3n) is 7.22. The average molecular weight is 581 g/mol. The van der Waals surface area contributed by atoms with E-state index in [-0.39, 0.29) is 10.8 Å². The van der Waals surface area contributed by atoms with E-state index in [1.165, 1.54) is 4.31 Å². The van der Waals surface area contributed by atoms with E-state index in [0.29, 0.717) is 56.6 Å². The monoisotopic (exact) mass is 580 g/mol. The van der Waals surface area contributed by atoms with Crippen LogP contribution in [0.15, 0.2) is 65.7 Å². The molecule has 2 aliphatic rings. The molecule has 2 saturated heterocycles. The van der Waals surface area contributed by atoms with Gasteiger partial charge in [0, 0.05) is 75.4 Å². The quantitative estimate of drug-likeness (QED) is 0.361. The summed E-state index contributed by atoms with van der Waals surface area (Å²) in [6.45, 7) is 8.93. The normalized spacial score (nSPS) is 17.0. The van der Waals surface area contributed by atoms with Crippen LogP contribution in [0.2, 0.25) is 0 Å². The number of carbonyl (C=O) groups excluding carboxylic acids is 1. The fraction of sp³-hybridized carbons (Fsp3) is 0.414. The molecule has 1 amide bonds. The lowest BCUT2D eigenvalue weighted by Gasteiger charge is -2.34. The largest absolute Gasteiger partial charge is 0.380 e. The highest BCUT2D eigenvalue weighted by Gasteiger charge is 2.26. The number of nitrogens with zero attached hydrogens (tertiary/aromatic N) is 5. The molecule has 12 heteroatoms. The number of anilines is 2. The molecule has 0 unspecified atom stereocenters. The van der Waals surface area contributed by atoms with Crippen LogP contribution in [-0.4, -0.2) is 111 Å². The van der Waals surface area contributed by atoms with Gasteiger partial charge in [0.05, 0.1) is 30.4 Å². The van der Waals surface area contributed by atoms with Crippen molar-refractivity contribution < 1.29 is 22.7 Å². The molecule has 0 saturated carbocycles. The van der Waals surface area contributed by atoms with Crippen molar-refractivity contribution in [3.05, 3.63) is 66.4 Å². The smallest absolute Gasteiger partial charge is 0.253 e. The summed E-state index contributed by atoms with van der Waals surface area (Å²) in [4.78, 5) is 26.4. The molecular formula is C29H36N6O5S. The number of hydrogen-bond donors (Lipinski definition) is 1. The van der Waals surface area contributed by atoms with E-state index in [1.807, 2.05) is 36.1 Å². The number of aromatic nitrogens is 2. The van der Waals surface area contributed by atoms with Gasteiger partial charge in [-0.2, -0.15) is 4.31 Å². The molecule has 1 aromatic heterocycles. The van der Waals surface area contributed by atoms with E-state index in [4.69, 9.17) is 9.47 Å². The number of sulfonamides is 1. The second-order valence-electron chi connectivity index (χ2n) is 9.84. The van der Waals surface area contributed by atoms with Gasteiger partial charge in [-0.15, -0.1) is 0 Å². The molecule has 0 bridgehead atoms. The van der Waals surface area contributed by atoms with E-state index in [1.54, 1.807) is 36.5 Å². The van der Waals surface area contributed by atoms with Crippen molar-refractivity contribution in [2.75, 3.05) is 77.6 Å². The number of amides is 1. The topological polar surface area (TPSA) is 117 Å². The van der Waals surface area contributed by atoms with Gasteiger partial charge < -0.3 is 19.7 Å². The zero-order valence-corrected chi connectivity index (χ0v) is 24.1. The Kier molecular flexibility index (Phi) is 9.57. The Labute approximate surface area is 241 Å². The Morgan fingerprint density at radius 2 is 1.66 bits per heavy atom. The summed E-state index contributed by atoms with van der Waals surface area (Å²) in [7, 11) is -3.56. The van der Waals surface area contributed by atoms with Gasteiger partial charge in [-0.1, -0.05) is 12.1 Å². The minimum absolute atomic E-state index is 0.0262. The number of carbonyl (C=O) groups is 1. The van der Waals surface area contributed by atoms with E-state index in [9.17, 15) is 13.2 Å². The zero-order chi connectivity index (χ0) is 28.7. The molecule has 1 N–H and O–H groups in total. The number of nitrogens with one attached hydrogen (secondary N) is 1. The lowest BCUT2D eigenvalue weighted by molar-refractivity contribution is 0.0565. The zero-order valence-electron chi connectivity index (χ0n) is 23.2. The Bertz CT molecular complexity index is 1400. The van der Waals surface area contributed by atoms with Gasteiger partial charge >= 0.3 is 0 Å². The predicted molar refractivity (Wildman–Crippen MR) is 156 cm³/mol. The van der Waals surface area contributed by atoms with E-state index >= 15 is 0 Å². The first-order valence-electron chi connectivity index (χ1n) is 13.9. The Balaban J connectivity index is 1.18. The Morgan fingerprint density at radius 1 is 0.951 bits per heavy atom. The van der Waals surface area contributed by atoms with Crippen molar-refractivity contribution in [2.45, 2.75) is 11.8 Å². The summed E-state index contributed by atoms with van der Waals surface area (Å²) in [5.74, 6) is 0.424. The molecular weight excluding hydrogens is 544 g/mol. The van der Waals surface area contributed by atoms with Crippen LogP contribution in [0.1, 0.15) is 17.3 Å². The van der Waals surface area contributed by atoms with Crippen LogP contribution in [0.4, 0.5) is 11.6 Å². The average Bonchev–Trinajstić information content (AvgIpc) is 3.02. The standard InChI is InChI=1S/C29H36N6O5S/c1-2-39-20-17-33-13-15-34(16-14-33)28(36)24-3-7-25(8-4-24)31-29-30-12-11-27(32-29)23-5-9-26(10-6-23)41(37,38)35-18-21-40-22-19-35/h3-12H,2,13-22H2,1H3,(H,30,31,32). The third kappa shape index (κ3) is 7.27. The van der Waals surface area contributed by atoms with Crippen molar-refractivity contribution in [1.29, 1.82) is 0 Å². The summed E-state index contributed by atoms with van der Waals surface area (Å²) in [6, 6.07) is 15.8. The molecule has 2 fully saturated rings. The van der Waals surface area contributed by atoms with Gasteiger partial charge in [-0.3, -0.25) is 9.69 Å². The molecule has 2 aliphatic heterocycles. The van der Waals surface area contributed by atoms with Crippen LogP contribution in [-0.2, 0) is 19.5 Å². The highest BCUT2D eigenvalue weighted by Crippen LogP contribution is 2.24. The predicted octanol–water partition coefficient (Wildman–Crippen LogP) is 2.70. The number of morpholine rings is 1. The van der Waals surface area contributed by atoms with Crippen molar-refractivity contribution in [1.82, 2.24) is 24.1 Å². The molecule has 218 valence electrons. The minimum Gasteiger partial charge on any atom is -0.380 e. The van der Waals surface area contributed by atoms with Crippen LogP contribution in [0, 0.1) is 0 Å². The fourth-order valence-electron chi connectivity index (χ4n) is 4.83. The third-order valence-corrected chi connectivity index (χ3v) is 9.13. The second kappa shape index (κ2) is 13.5. The van der Waals surface area contributed by atoms with Crippen molar-refractivity contribution in [2.24, 2.45) is 0 Å². The number of rotatable bonds is 10. The lowest BCUT2D eigenvalue weighted by Crippen LogP contribution is -2.49. The van der Waals surface area contributed by atoms with Gasteiger partial charge in [0.2, 0.25) is 16.0 Å². The minimum atomic E-state index is -3.56. The molecule has 3 aromatic rings. The SMILES string of the molecule is CCOCCN1CCN(C(=O)c2ccc(Nc3nccc(-c4ccc(S(=O)(=O)N5CCOCC5)cc4)n3)cc2)CC1. The summed E-state index contributed by atoms with van der Waals surface area (Å²) in [5, 5.41) is 3.19. The van der Waals surface area contributed by atoms with Crippen LogP contribution in [0.5, 0.6) is 0 Å². The maximum Gasteiger partial charge on any atom is 0.253 e. The van der Waals surface area contributed by atoms with E-state index < -0.39 is 10.0 Å². The van der Waals surface area contributed by atoms with Crippen LogP contribution >= 0.6 is 0 Å². The maximum atomic E-state index is 13.0. The van der Waals surface area contributed by atoms with Crippen LogP contribution in [0.3, 0.4) is 0 Å². The van der Waals surface area contributed by atoms with Crippen LogP contribution in [0.25, 0.3) is 11.3 Å². The molecule has 5 rings (SSSR count). The van der Waals surface area contributed by atoms with Crippen LogP contribution < -0.4 is 5.32 Å². The van der Waals surface area contributed by atoms with E-state index in [2.05, 4.69) is 20.2 Å². The van der Waals surface area contributed by atoms with Gasteiger partial charge in [-0.05, 0) is 49.4 Å². The second-order valence-corrected chi connectivity index (χ2v) is 11.8. The number of benzene rings is 2. The lowest BCUT2D eigenvalue weighted by atomic mass is 10.1. The fourth-order valence-corrected chi connectivity index (χ4v) is 6.24. The molecule has 0 radical (unpaired) electrons. The van der Waals surface area contributed by atoms with Crippen molar-refractivity contribution in [3.8, 4) is 11.3 Å². The Morgan fingerprint density at radius 3 is 2.34 bits per heavy atom. The molecule has 0 atom stereocenters. The van der Waals surface area contributed by atoms with E-state index in [0.717, 1.165) is 44.1 Å². The highest BCUT2D eigenvalue weighted by molar-refractivity contribution is 7.89. The number of hydrogen-bond acceptors (Lipinski definition) is 9. The molecule has 3 heterocycles. The first-order chi connectivity index (χ1) is 19.9. The molecule has 2 aromatic carbocycles. The molecule has 41 heavy (non-hydrogen) atoms. The van der Waals surface area contributed by atoms with Gasteiger partial charge in [0.1, 0.15) is 0 Å². The first kappa shape index (κ1) is 29.1. The summed E-state index contributed by atoms with van der Waals surface area (Å²) < 4.78 is 38.0. The van der Waals surface area contributed by atoms with Crippen molar-refractivity contribution >= 4 is 27.6 Å². The van der Waals surface area contributed by atoms with Gasteiger partial charge in [-0.25, -0.2) is 18.4 Å². The molecule has 11 nitrogen and oxygen atoms in total. The van der Waals surface area contributed by atoms with Gasteiger partial charge in [0.15, 0.2) is 0 Å². The Hall–Kier alpha value is -3.42. The summed E-state index contributed by atoms with van der Waals surface area (Å²) in [6.07, 6.45) is 1.65. The van der Waals surface area contributed by atoms with Gasteiger partial charge in [0.25, 0.3) is 5.91 Å². The summed E-state index contributed by atoms with van der Waals surface area (Å²) >= 11 is 0. The highest BCUT2D eigenvalue weighted by atomic mass is 32.2. The van der Waals surface area contributed by atoms with Crippen molar-refractivity contribution in [3.63, 3.8) is 0 Å². The number of piperazine rings is 1. The summed E-state index contributed by atoms with van der Waals surface area (Å²) in [5.41, 5.74) is 2.83. The maximum absolute atomic E-state index is 13.0. The first-order valence-corrected chi connectivity index (χ1v) is 15.4. The number of ether oxygens (including phenoxy) is 2.